The van der Waals surface area contributed by atoms with Crippen molar-refractivity contribution in [2.24, 2.45) is 5.73 Å². The minimum absolute atomic E-state index is 0.253. The summed E-state index contributed by atoms with van der Waals surface area (Å²) in [7, 11) is -3.23. The number of hydrogen-bond donors (Lipinski definition) is 2. The van der Waals surface area contributed by atoms with Crippen molar-refractivity contribution in [3.05, 3.63) is 11.1 Å². The first-order valence-electron chi connectivity index (χ1n) is 5.78. The molecule has 10 heteroatoms. The van der Waals surface area contributed by atoms with Crippen LogP contribution in [-0.2, 0) is 14.6 Å². The van der Waals surface area contributed by atoms with Gasteiger partial charge in [0.05, 0.1) is 5.69 Å². The van der Waals surface area contributed by atoms with Gasteiger partial charge in [-0.05, 0) is 0 Å². The third-order valence-corrected chi connectivity index (χ3v) is 6.46. The van der Waals surface area contributed by atoms with Crippen LogP contribution in [-0.4, -0.2) is 54.2 Å². The molecule has 2 unspecified atom stereocenters. The van der Waals surface area contributed by atoms with Crippen molar-refractivity contribution in [3.63, 3.8) is 0 Å². The molecule has 20 heavy (non-hydrogen) atoms. The summed E-state index contributed by atoms with van der Waals surface area (Å²) in [6.07, 6.45) is 1.20. The summed E-state index contributed by atoms with van der Waals surface area (Å²) in [4.78, 5) is 16.7. The lowest BCUT2D eigenvalue weighted by Gasteiger charge is -2.33. The molecule has 7 nitrogen and oxygen atoms in total. The van der Waals surface area contributed by atoms with Gasteiger partial charge in [0.25, 0.3) is 0 Å². The second-order valence-corrected chi connectivity index (χ2v) is 8.61. The molecule has 0 aliphatic carbocycles. The lowest BCUT2D eigenvalue weighted by Crippen LogP contribution is -2.47. The third kappa shape index (κ3) is 3.25. The van der Waals surface area contributed by atoms with E-state index in [2.05, 4.69) is 4.98 Å². The topological polar surface area (TPSA) is 114 Å². The van der Waals surface area contributed by atoms with Gasteiger partial charge >= 0.3 is 5.97 Å². The zero-order valence-corrected chi connectivity index (χ0v) is 13.2. The smallest absolute Gasteiger partial charge is 0.326 e. The van der Waals surface area contributed by atoms with Gasteiger partial charge in [-0.15, -0.1) is 11.3 Å². The van der Waals surface area contributed by atoms with E-state index < -0.39 is 27.2 Å². The fraction of sp³-hybridized carbons (Fsp3) is 0.600. The van der Waals surface area contributed by atoms with E-state index in [1.807, 2.05) is 0 Å². The van der Waals surface area contributed by atoms with Crippen LogP contribution < -0.4 is 10.6 Å². The van der Waals surface area contributed by atoms with E-state index in [9.17, 15) is 13.2 Å². The molecule has 0 radical (unpaired) electrons. The first-order chi connectivity index (χ1) is 9.30. The van der Waals surface area contributed by atoms with E-state index in [0.29, 0.717) is 17.4 Å². The number of nitrogens with zero attached hydrogens (tertiary/aromatic N) is 2. The summed E-state index contributed by atoms with van der Waals surface area (Å²) in [5.74, 6) is 0.140. The van der Waals surface area contributed by atoms with Crippen LogP contribution in [0.5, 0.6) is 0 Å². The average Bonchev–Trinajstić information content (AvgIpc) is 2.86. The SMILES string of the molecule is CS(=O)(=O)C1CSCCN1c1nc(C(N)C(=O)O)cs1. The molecule has 0 amide bonds. The number of thioether (sulfide) groups is 1. The maximum Gasteiger partial charge on any atom is 0.326 e. The number of carboxylic acids is 1. The predicted molar refractivity (Wildman–Crippen MR) is 80.0 cm³/mol. The minimum Gasteiger partial charge on any atom is -0.480 e. The van der Waals surface area contributed by atoms with Crippen LogP contribution in [0.3, 0.4) is 0 Å². The van der Waals surface area contributed by atoms with Crippen LogP contribution in [0.25, 0.3) is 0 Å². The highest BCUT2D eigenvalue weighted by molar-refractivity contribution is 8.01. The van der Waals surface area contributed by atoms with Crippen molar-refractivity contribution >= 4 is 44.0 Å². The molecule has 0 spiro atoms. The van der Waals surface area contributed by atoms with Gasteiger partial charge in [0.15, 0.2) is 15.0 Å². The van der Waals surface area contributed by atoms with Crippen molar-refractivity contribution in [1.82, 2.24) is 4.98 Å². The molecule has 3 N–H and O–H groups in total. The molecule has 0 aromatic carbocycles. The van der Waals surface area contributed by atoms with Crippen molar-refractivity contribution in [1.29, 1.82) is 0 Å². The van der Waals surface area contributed by atoms with E-state index in [4.69, 9.17) is 10.8 Å². The maximum atomic E-state index is 11.8. The Balaban J connectivity index is 2.27. The Hall–Kier alpha value is -0.840. The van der Waals surface area contributed by atoms with Gasteiger partial charge in [-0.1, -0.05) is 0 Å². The number of anilines is 1. The number of thiazole rings is 1. The van der Waals surface area contributed by atoms with E-state index in [0.717, 1.165) is 5.75 Å². The van der Waals surface area contributed by atoms with Crippen LogP contribution in [0.1, 0.15) is 11.7 Å². The maximum absolute atomic E-state index is 11.8. The van der Waals surface area contributed by atoms with Gasteiger partial charge in [0, 0.05) is 29.7 Å². The first kappa shape index (κ1) is 15.5. The molecule has 0 bridgehead atoms. The van der Waals surface area contributed by atoms with E-state index in [1.54, 1.807) is 22.0 Å². The van der Waals surface area contributed by atoms with Gasteiger partial charge < -0.3 is 15.7 Å². The Labute approximate surface area is 125 Å². The van der Waals surface area contributed by atoms with E-state index in [-0.39, 0.29) is 5.69 Å². The fourth-order valence-corrected chi connectivity index (χ4v) is 5.66. The Kier molecular flexibility index (Phi) is 4.57. The van der Waals surface area contributed by atoms with Crippen LogP contribution in [0.15, 0.2) is 5.38 Å². The molecule has 2 rings (SSSR count). The predicted octanol–water partition coefficient (Wildman–Crippen LogP) is 0.151. The molecule has 1 aliphatic rings. The van der Waals surface area contributed by atoms with Crippen LogP contribution >= 0.6 is 23.1 Å². The number of carbonyl (C=O) groups is 1. The van der Waals surface area contributed by atoms with Crippen LogP contribution in [0.4, 0.5) is 5.13 Å². The normalized spacial score (nSPS) is 21.7. The standard InChI is InChI=1S/C10H15N3O4S3/c1-20(16,17)7-5-18-3-2-13(7)10-12-6(4-19-10)8(11)9(14)15/h4,7-8H,2-3,5,11H2,1H3,(H,14,15). The lowest BCUT2D eigenvalue weighted by atomic mass is 10.2. The highest BCUT2D eigenvalue weighted by Gasteiger charge is 2.33. The Morgan fingerprint density at radius 1 is 1.65 bits per heavy atom. The molecule has 2 heterocycles. The summed E-state index contributed by atoms with van der Waals surface area (Å²) in [6, 6.07) is -1.18. The summed E-state index contributed by atoms with van der Waals surface area (Å²) >= 11 is 2.80. The monoisotopic (exact) mass is 337 g/mol. The van der Waals surface area contributed by atoms with E-state index in [1.165, 1.54) is 17.6 Å². The van der Waals surface area contributed by atoms with Gasteiger partial charge in [-0.3, -0.25) is 4.79 Å². The fourth-order valence-electron chi connectivity index (χ4n) is 1.83. The highest BCUT2D eigenvalue weighted by atomic mass is 32.2. The van der Waals surface area contributed by atoms with Crippen LogP contribution in [0.2, 0.25) is 0 Å². The highest BCUT2D eigenvalue weighted by Crippen LogP contribution is 2.30. The number of nitrogens with two attached hydrogens (primary N) is 1. The molecule has 1 aromatic heterocycles. The van der Waals surface area contributed by atoms with Crippen molar-refractivity contribution in [2.75, 3.05) is 29.2 Å². The Morgan fingerprint density at radius 2 is 2.35 bits per heavy atom. The minimum atomic E-state index is -3.23. The van der Waals surface area contributed by atoms with E-state index >= 15 is 0 Å². The largest absolute Gasteiger partial charge is 0.480 e. The Morgan fingerprint density at radius 3 is 2.95 bits per heavy atom. The zero-order valence-electron chi connectivity index (χ0n) is 10.7. The molecule has 1 saturated heterocycles. The third-order valence-electron chi connectivity index (χ3n) is 2.92. The molecular formula is C10H15N3O4S3. The van der Waals surface area contributed by atoms with Gasteiger partial charge in [0.1, 0.15) is 11.4 Å². The number of hydrogen-bond acceptors (Lipinski definition) is 8. The molecular weight excluding hydrogens is 322 g/mol. The lowest BCUT2D eigenvalue weighted by molar-refractivity contribution is -0.138. The van der Waals surface area contributed by atoms with Crippen molar-refractivity contribution in [2.45, 2.75) is 11.4 Å². The first-order valence-corrected chi connectivity index (χ1v) is 9.76. The summed E-state index contributed by atoms with van der Waals surface area (Å²) < 4.78 is 23.6. The van der Waals surface area contributed by atoms with Gasteiger partial charge in [-0.2, -0.15) is 11.8 Å². The van der Waals surface area contributed by atoms with Gasteiger partial charge in [0.2, 0.25) is 0 Å². The van der Waals surface area contributed by atoms with Crippen LogP contribution in [0, 0.1) is 0 Å². The number of sulfone groups is 1. The van der Waals surface area contributed by atoms with Crippen molar-refractivity contribution < 1.29 is 18.3 Å². The second-order valence-electron chi connectivity index (χ2n) is 4.42. The molecule has 1 aromatic rings. The summed E-state index contributed by atoms with van der Waals surface area (Å²) in [6.45, 7) is 0.567. The molecule has 1 fully saturated rings. The molecule has 1 aliphatic heterocycles. The number of aliphatic carboxylic acids is 1. The quantitative estimate of drug-likeness (QED) is 0.798. The molecule has 112 valence electrons. The van der Waals surface area contributed by atoms with Crippen molar-refractivity contribution in [3.8, 4) is 0 Å². The molecule has 2 atom stereocenters. The molecule has 0 saturated carbocycles. The summed E-state index contributed by atoms with van der Waals surface area (Å²) in [5, 5.41) is 10.3. The zero-order chi connectivity index (χ0) is 14.9. The van der Waals surface area contributed by atoms with Gasteiger partial charge in [-0.25, -0.2) is 13.4 Å². The number of carboxylic acid groups (broad SMARTS) is 1. The number of rotatable bonds is 4. The summed E-state index contributed by atoms with van der Waals surface area (Å²) in [5.41, 5.74) is 5.76. The second kappa shape index (κ2) is 5.88. The average molecular weight is 337 g/mol. The Bertz CT molecular complexity index is 601. The number of aromatic nitrogens is 1.